The molecule has 0 saturated heterocycles. The fourth-order valence-electron chi connectivity index (χ4n) is 0.0680. The summed E-state index contributed by atoms with van der Waals surface area (Å²) in [5, 5.41) is 9.63. The van der Waals surface area contributed by atoms with Crippen molar-refractivity contribution in [1.29, 1.82) is 0 Å². The van der Waals surface area contributed by atoms with Crippen molar-refractivity contribution < 1.29 is 29.4 Å². The van der Waals surface area contributed by atoms with Crippen LogP contribution in [0.25, 0.3) is 0 Å². The van der Waals surface area contributed by atoms with Crippen molar-refractivity contribution in [2.75, 3.05) is 5.75 Å². The maximum absolute atomic E-state index is 9.63. The molecule has 0 aliphatic heterocycles. The zero-order chi connectivity index (χ0) is 5.86. The first kappa shape index (κ1) is 11.2. The van der Waals surface area contributed by atoms with Gasteiger partial charge in [0.2, 0.25) is 0 Å². The summed E-state index contributed by atoms with van der Waals surface area (Å²) in [5.74, 6) is -1.27. The minimum Gasteiger partial charge on any atom is -0.791 e. The molecule has 0 fully saturated rings. The van der Waals surface area contributed by atoms with Gasteiger partial charge >= 0.3 is 19.5 Å². The molecule has 0 aliphatic carbocycles. The van der Waals surface area contributed by atoms with Crippen molar-refractivity contribution in [3.05, 3.63) is 0 Å². The fourth-order valence-corrected chi connectivity index (χ4v) is 0.204. The molecule has 42 valence electrons. The molecule has 0 aromatic heterocycles. The first-order valence-electron chi connectivity index (χ1n) is 1.73. The van der Waals surface area contributed by atoms with Gasteiger partial charge in [-0.3, -0.25) is 0 Å². The quantitative estimate of drug-likeness (QED) is 0.384. The van der Waals surface area contributed by atoms with Gasteiger partial charge in [-0.15, -0.1) is 0 Å². The van der Waals surface area contributed by atoms with Crippen LogP contribution in [0, 0.1) is 0 Å². The van der Waals surface area contributed by atoms with Gasteiger partial charge < -0.3 is 28.3 Å². The summed E-state index contributed by atoms with van der Waals surface area (Å²) >= 11 is 4.31. The molecule has 0 aliphatic rings. The SMILES string of the molecule is N[C@H](C[S-])C(=O)[O-].[Zn+2]. The van der Waals surface area contributed by atoms with E-state index >= 15 is 0 Å². The normalized spacial score (nSPS) is 11.8. The van der Waals surface area contributed by atoms with Gasteiger partial charge in [0.25, 0.3) is 0 Å². The Labute approximate surface area is 65.8 Å². The van der Waals surface area contributed by atoms with Crippen LogP contribution in [0.4, 0.5) is 0 Å². The first-order valence-corrected chi connectivity index (χ1v) is 2.30. The van der Waals surface area contributed by atoms with Crippen LogP contribution in [0.5, 0.6) is 0 Å². The van der Waals surface area contributed by atoms with Gasteiger partial charge in [0, 0.05) is 6.04 Å². The molecule has 0 unspecified atom stereocenters. The van der Waals surface area contributed by atoms with Gasteiger partial charge in [0.15, 0.2) is 0 Å². The third-order valence-electron chi connectivity index (χ3n) is 0.482. The van der Waals surface area contributed by atoms with Crippen molar-refractivity contribution in [2.45, 2.75) is 6.04 Å². The van der Waals surface area contributed by atoms with E-state index in [2.05, 4.69) is 12.6 Å². The number of carbonyl (C=O) groups excluding carboxylic acids is 1. The minimum atomic E-state index is -1.28. The molecule has 8 heavy (non-hydrogen) atoms. The third kappa shape index (κ3) is 4.56. The van der Waals surface area contributed by atoms with Crippen LogP contribution in [0.3, 0.4) is 0 Å². The molecule has 0 radical (unpaired) electrons. The van der Waals surface area contributed by atoms with Gasteiger partial charge in [-0.25, -0.2) is 0 Å². The Hall–Kier alpha value is 0.403. The van der Waals surface area contributed by atoms with Gasteiger partial charge in [-0.2, -0.15) is 5.75 Å². The number of nitrogens with two attached hydrogens (primary N) is 1. The third-order valence-corrected chi connectivity index (χ3v) is 0.841. The summed E-state index contributed by atoms with van der Waals surface area (Å²) in [6.45, 7) is 0. The smallest absolute Gasteiger partial charge is 0.791 e. The van der Waals surface area contributed by atoms with Crippen molar-refractivity contribution >= 4 is 18.6 Å². The maximum Gasteiger partial charge on any atom is 2.00 e. The largest absolute Gasteiger partial charge is 2.00 e. The Balaban J connectivity index is 0. The van der Waals surface area contributed by atoms with Gasteiger partial charge in [0.1, 0.15) is 0 Å². The van der Waals surface area contributed by atoms with E-state index in [1.807, 2.05) is 0 Å². The molecule has 0 aromatic carbocycles. The van der Waals surface area contributed by atoms with Crippen LogP contribution < -0.4 is 10.8 Å². The van der Waals surface area contributed by atoms with E-state index in [0.29, 0.717) is 0 Å². The van der Waals surface area contributed by atoms with Crippen LogP contribution in [-0.4, -0.2) is 17.8 Å². The summed E-state index contributed by atoms with van der Waals surface area (Å²) in [7, 11) is 0. The molecule has 0 bridgehead atoms. The Bertz CT molecular complexity index is 79.7. The summed E-state index contributed by atoms with van der Waals surface area (Å²) in [4.78, 5) is 9.63. The summed E-state index contributed by atoms with van der Waals surface area (Å²) < 4.78 is 0. The second kappa shape index (κ2) is 5.54. The Morgan fingerprint density at radius 2 is 2.25 bits per heavy atom. The average Bonchev–Trinajstić information content (AvgIpc) is 1.65. The van der Waals surface area contributed by atoms with Crippen LogP contribution in [0.15, 0.2) is 0 Å². The van der Waals surface area contributed by atoms with Crippen molar-refractivity contribution in [3.8, 4) is 0 Å². The van der Waals surface area contributed by atoms with Crippen molar-refractivity contribution in [3.63, 3.8) is 0 Å². The van der Waals surface area contributed by atoms with Gasteiger partial charge in [-0.05, 0) is 0 Å². The number of carbonyl (C=O) groups is 1. The van der Waals surface area contributed by atoms with Crippen molar-refractivity contribution in [1.82, 2.24) is 0 Å². The molecule has 3 nitrogen and oxygen atoms in total. The number of rotatable bonds is 2. The molecular formula is C3H5NO2SZn. The Kier molecular flexibility index (Phi) is 7.78. The van der Waals surface area contributed by atoms with E-state index in [1.54, 1.807) is 0 Å². The Morgan fingerprint density at radius 3 is 2.25 bits per heavy atom. The van der Waals surface area contributed by atoms with E-state index in [-0.39, 0.29) is 25.2 Å². The molecule has 1 atom stereocenters. The standard InChI is InChI=1S/C3H7NO2S.Zn/c4-2(1-7)3(5)6;/h2,7H,1,4H2,(H,5,6);/q;+2/p-2/t2-;/m1./s1. The fraction of sp³-hybridized carbons (Fsp3) is 0.667. The molecule has 0 heterocycles. The predicted molar refractivity (Wildman–Crippen MR) is 25.2 cm³/mol. The van der Waals surface area contributed by atoms with E-state index in [1.165, 1.54) is 0 Å². The van der Waals surface area contributed by atoms with Gasteiger partial charge in [0.05, 0.1) is 5.97 Å². The summed E-state index contributed by atoms with van der Waals surface area (Å²) in [5.41, 5.74) is 4.85. The predicted octanol–water partition coefficient (Wildman–Crippen LogP) is -2.39. The Morgan fingerprint density at radius 1 is 1.88 bits per heavy atom. The minimum absolute atomic E-state index is 0. The second-order valence-electron chi connectivity index (χ2n) is 1.09. The molecule has 0 saturated carbocycles. The molecule has 0 rings (SSSR count). The molecule has 2 N–H and O–H groups in total. The molecule has 0 aromatic rings. The molecule has 0 amide bonds. The van der Waals surface area contributed by atoms with E-state index in [9.17, 15) is 9.90 Å². The zero-order valence-corrected chi connectivity index (χ0v) is 8.08. The first-order chi connectivity index (χ1) is 3.18. The topological polar surface area (TPSA) is 66.2 Å². The summed E-state index contributed by atoms with van der Waals surface area (Å²) in [6, 6.07) is -0.977. The number of aliphatic carboxylic acids is 1. The number of hydrogen-bond acceptors (Lipinski definition) is 4. The van der Waals surface area contributed by atoms with E-state index in [4.69, 9.17) is 5.73 Å². The van der Waals surface area contributed by atoms with Crippen molar-refractivity contribution in [2.24, 2.45) is 5.73 Å². The summed E-state index contributed by atoms with van der Waals surface area (Å²) in [6.07, 6.45) is 0. The number of carboxylic acid groups (broad SMARTS) is 1. The maximum atomic E-state index is 9.63. The van der Waals surface area contributed by atoms with E-state index < -0.39 is 12.0 Å². The van der Waals surface area contributed by atoms with Crippen LogP contribution in [0.2, 0.25) is 0 Å². The molecule has 5 heteroatoms. The van der Waals surface area contributed by atoms with Crippen LogP contribution in [-0.2, 0) is 36.9 Å². The van der Waals surface area contributed by atoms with E-state index in [0.717, 1.165) is 0 Å². The number of hydrogen-bond donors (Lipinski definition) is 1. The molecular weight excluding hydrogens is 179 g/mol. The second-order valence-corrected chi connectivity index (χ2v) is 1.43. The monoisotopic (exact) mass is 183 g/mol. The average molecular weight is 185 g/mol. The molecule has 0 spiro atoms. The van der Waals surface area contributed by atoms with Crippen LogP contribution >= 0.6 is 0 Å². The number of carboxylic acids is 1. The van der Waals surface area contributed by atoms with Gasteiger partial charge in [-0.1, -0.05) is 0 Å². The zero-order valence-electron chi connectivity index (χ0n) is 4.29. The van der Waals surface area contributed by atoms with Crippen LogP contribution in [0.1, 0.15) is 0 Å².